The lowest BCUT2D eigenvalue weighted by Crippen LogP contribution is -2.44. The van der Waals surface area contributed by atoms with Gasteiger partial charge >= 0.3 is 0 Å². The largest absolute Gasteiger partial charge is 0.347 e. The smallest absolute Gasteiger partial charge is 0.0958 e. The molecular weight excluding hydrogens is 364 g/mol. The molecular formula is C28H38N2. The molecule has 0 saturated heterocycles. The minimum Gasteiger partial charge on any atom is -0.347 e. The van der Waals surface area contributed by atoms with Gasteiger partial charge in [0.2, 0.25) is 0 Å². The van der Waals surface area contributed by atoms with Crippen molar-refractivity contribution in [3.05, 3.63) is 52.6 Å². The molecule has 2 heterocycles. The fraction of sp³-hybridized carbons (Fsp3) is 0.571. The second-order valence-corrected chi connectivity index (χ2v) is 12.6. The van der Waals surface area contributed by atoms with E-state index in [0.29, 0.717) is 0 Å². The molecule has 3 aliphatic rings. The van der Waals surface area contributed by atoms with Crippen LogP contribution in [0.2, 0.25) is 0 Å². The molecule has 2 aromatic carbocycles. The van der Waals surface area contributed by atoms with Gasteiger partial charge in [0.1, 0.15) is 0 Å². The van der Waals surface area contributed by atoms with E-state index in [0.717, 1.165) is 6.67 Å². The third-order valence-electron chi connectivity index (χ3n) is 8.22. The second kappa shape index (κ2) is 5.64. The zero-order chi connectivity index (χ0) is 21.9. The zero-order valence-corrected chi connectivity index (χ0v) is 20.4. The number of nitrogens with zero attached hydrogens (tertiary/aromatic N) is 2. The van der Waals surface area contributed by atoms with Crippen LogP contribution in [0.25, 0.3) is 0 Å². The summed E-state index contributed by atoms with van der Waals surface area (Å²) < 4.78 is 0. The van der Waals surface area contributed by atoms with Crippen molar-refractivity contribution in [3.8, 4) is 0 Å². The van der Waals surface area contributed by atoms with Gasteiger partial charge in [0, 0.05) is 16.6 Å². The van der Waals surface area contributed by atoms with Crippen LogP contribution in [0.5, 0.6) is 0 Å². The van der Waals surface area contributed by atoms with Crippen molar-refractivity contribution in [3.63, 3.8) is 0 Å². The first-order valence-corrected chi connectivity index (χ1v) is 11.6. The summed E-state index contributed by atoms with van der Waals surface area (Å²) >= 11 is 0. The first-order chi connectivity index (χ1) is 13.8. The summed E-state index contributed by atoms with van der Waals surface area (Å²) in [6, 6.07) is 11.9. The lowest BCUT2D eigenvalue weighted by molar-refractivity contribution is 0.326. The third kappa shape index (κ3) is 2.43. The Bertz CT molecular complexity index is 1050. The number of para-hydroxylation sites is 1. The molecule has 0 saturated carbocycles. The summed E-state index contributed by atoms with van der Waals surface area (Å²) in [7, 11) is 0. The highest BCUT2D eigenvalue weighted by Crippen LogP contribution is 2.60. The van der Waals surface area contributed by atoms with Crippen molar-refractivity contribution in [1.82, 2.24) is 0 Å². The normalized spacial score (nSPS) is 22.4. The molecule has 1 aliphatic carbocycles. The Hall–Kier alpha value is -1.96. The highest BCUT2D eigenvalue weighted by atomic mass is 15.4. The van der Waals surface area contributed by atoms with Crippen molar-refractivity contribution in [2.45, 2.75) is 96.9 Å². The molecule has 2 aliphatic heterocycles. The van der Waals surface area contributed by atoms with Gasteiger partial charge < -0.3 is 9.80 Å². The predicted octanol–water partition coefficient (Wildman–Crippen LogP) is 7.39. The molecule has 0 fully saturated rings. The summed E-state index contributed by atoms with van der Waals surface area (Å²) in [5, 5.41) is 0. The van der Waals surface area contributed by atoms with E-state index in [1.165, 1.54) is 35.5 Å². The van der Waals surface area contributed by atoms with Crippen molar-refractivity contribution in [1.29, 1.82) is 0 Å². The molecule has 160 valence electrons. The Morgan fingerprint density at radius 3 is 2.07 bits per heavy atom. The van der Waals surface area contributed by atoms with Crippen LogP contribution in [0.15, 0.2) is 30.3 Å². The van der Waals surface area contributed by atoms with Crippen LogP contribution in [-0.2, 0) is 16.2 Å². The van der Waals surface area contributed by atoms with Crippen LogP contribution in [0, 0.1) is 0 Å². The zero-order valence-electron chi connectivity index (χ0n) is 20.4. The van der Waals surface area contributed by atoms with E-state index in [2.05, 4.69) is 102 Å². The number of fused-ring (bicyclic) bond motifs is 4. The monoisotopic (exact) mass is 402 g/mol. The van der Waals surface area contributed by atoms with E-state index in [4.69, 9.17) is 0 Å². The maximum atomic E-state index is 2.61. The van der Waals surface area contributed by atoms with Gasteiger partial charge in [0.15, 0.2) is 0 Å². The quantitative estimate of drug-likeness (QED) is 0.453. The summed E-state index contributed by atoms with van der Waals surface area (Å²) in [5.41, 5.74) is 11.0. The number of benzene rings is 2. The van der Waals surface area contributed by atoms with Crippen LogP contribution >= 0.6 is 0 Å². The first kappa shape index (κ1) is 20.0. The van der Waals surface area contributed by atoms with Gasteiger partial charge in [-0.3, -0.25) is 0 Å². The lowest BCUT2D eigenvalue weighted by atomic mass is 9.58. The van der Waals surface area contributed by atoms with Crippen LogP contribution in [0.3, 0.4) is 0 Å². The van der Waals surface area contributed by atoms with Gasteiger partial charge in [-0.25, -0.2) is 0 Å². The first-order valence-electron chi connectivity index (χ1n) is 11.6. The highest BCUT2D eigenvalue weighted by molar-refractivity contribution is 5.92. The van der Waals surface area contributed by atoms with Gasteiger partial charge in [-0.05, 0) is 78.8 Å². The Kier molecular flexibility index (Phi) is 3.75. The topological polar surface area (TPSA) is 6.48 Å². The third-order valence-corrected chi connectivity index (χ3v) is 8.22. The van der Waals surface area contributed by atoms with Gasteiger partial charge in [0.05, 0.1) is 18.0 Å². The maximum absolute atomic E-state index is 2.61. The Morgan fingerprint density at radius 1 is 0.733 bits per heavy atom. The van der Waals surface area contributed by atoms with E-state index in [1.54, 1.807) is 16.7 Å². The van der Waals surface area contributed by atoms with Crippen molar-refractivity contribution >= 4 is 17.1 Å². The SMILES string of the molecule is CC1(C)CCC(C)(C)c2c1ccc1c2C(C)(C)c2cccc3c2N1CN3C(C)(C)C. The Balaban J connectivity index is 1.85. The molecule has 0 radical (unpaired) electrons. The standard InChI is InChI=1S/C28H38N2/c1-25(2,3)30-17-29-20-14-13-18-22(27(6,7)16-15-26(18,4)5)23(20)28(8,9)19-11-10-12-21(30)24(19)29/h10-14H,15-17H2,1-9H3. The lowest BCUT2D eigenvalue weighted by Gasteiger charge is -2.49. The predicted molar refractivity (Wildman–Crippen MR) is 130 cm³/mol. The average molecular weight is 403 g/mol. The molecule has 2 nitrogen and oxygen atoms in total. The molecule has 5 rings (SSSR count). The molecule has 2 aromatic rings. The van der Waals surface area contributed by atoms with Crippen LogP contribution < -0.4 is 9.80 Å². The molecule has 0 atom stereocenters. The Morgan fingerprint density at radius 2 is 1.40 bits per heavy atom. The van der Waals surface area contributed by atoms with E-state index in [9.17, 15) is 0 Å². The number of hydrogen-bond donors (Lipinski definition) is 0. The van der Waals surface area contributed by atoms with E-state index >= 15 is 0 Å². The molecule has 0 unspecified atom stereocenters. The fourth-order valence-corrected chi connectivity index (χ4v) is 6.33. The molecule has 0 N–H and O–H groups in total. The van der Waals surface area contributed by atoms with E-state index in [-0.39, 0.29) is 21.8 Å². The molecule has 30 heavy (non-hydrogen) atoms. The van der Waals surface area contributed by atoms with Gasteiger partial charge in [-0.2, -0.15) is 0 Å². The van der Waals surface area contributed by atoms with Crippen LogP contribution in [0.4, 0.5) is 17.1 Å². The van der Waals surface area contributed by atoms with E-state index in [1.807, 2.05) is 0 Å². The number of hydrogen-bond acceptors (Lipinski definition) is 2. The minimum absolute atomic E-state index is 0.0128. The maximum Gasteiger partial charge on any atom is 0.0958 e. The van der Waals surface area contributed by atoms with Gasteiger partial charge in [0.25, 0.3) is 0 Å². The summed E-state index contributed by atoms with van der Waals surface area (Å²) in [6.45, 7) is 22.6. The summed E-state index contributed by atoms with van der Waals surface area (Å²) in [6.07, 6.45) is 2.51. The molecule has 2 heteroatoms. The van der Waals surface area contributed by atoms with Gasteiger partial charge in [-0.1, -0.05) is 59.7 Å². The second-order valence-electron chi connectivity index (χ2n) is 12.6. The van der Waals surface area contributed by atoms with Crippen LogP contribution in [0.1, 0.15) is 97.4 Å². The summed E-state index contributed by atoms with van der Waals surface area (Å²) in [4.78, 5) is 5.18. The molecule has 0 spiro atoms. The number of anilines is 3. The minimum atomic E-state index is -0.0128. The van der Waals surface area contributed by atoms with Crippen molar-refractivity contribution < 1.29 is 0 Å². The fourth-order valence-electron chi connectivity index (χ4n) is 6.33. The highest BCUT2D eigenvalue weighted by Gasteiger charge is 2.49. The molecule has 0 bridgehead atoms. The van der Waals surface area contributed by atoms with E-state index < -0.39 is 0 Å². The average Bonchev–Trinajstić information content (AvgIpc) is 3.04. The molecule has 0 amide bonds. The number of rotatable bonds is 0. The molecule has 0 aromatic heterocycles. The Labute approximate surface area is 183 Å². The van der Waals surface area contributed by atoms with Crippen molar-refractivity contribution in [2.24, 2.45) is 0 Å². The van der Waals surface area contributed by atoms with Gasteiger partial charge in [-0.15, -0.1) is 0 Å². The van der Waals surface area contributed by atoms with Crippen molar-refractivity contribution in [2.75, 3.05) is 16.5 Å². The summed E-state index contributed by atoms with van der Waals surface area (Å²) in [5.74, 6) is 0. The van der Waals surface area contributed by atoms with Crippen LogP contribution in [-0.4, -0.2) is 12.2 Å².